The first kappa shape index (κ1) is 13.6. The van der Waals surface area contributed by atoms with Crippen LogP contribution in [0.5, 0.6) is 0 Å². The predicted octanol–water partition coefficient (Wildman–Crippen LogP) is 1.80. The fourth-order valence-electron chi connectivity index (χ4n) is 1.48. The molecule has 2 rings (SSSR count). The van der Waals surface area contributed by atoms with E-state index in [0.717, 1.165) is 16.3 Å². The van der Waals surface area contributed by atoms with Gasteiger partial charge in [0.25, 0.3) is 5.91 Å². The molecule has 0 saturated heterocycles. The Morgan fingerprint density at radius 2 is 2.32 bits per heavy atom. The zero-order chi connectivity index (χ0) is 13.8. The first-order chi connectivity index (χ1) is 9.06. The van der Waals surface area contributed by atoms with Crippen LogP contribution in [0.4, 0.5) is 0 Å². The van der Waals surface area contributed by atoms with E-state index in [4.69, 9.17) is 5.73 Å². The molecule has 100 valence electrons. The summed E-state index contributed by atoms with van der Waals surface area (Å²) >= 11 is 1.40. The molecule has 0 bridgehead atoms. The molecule has 0 spiro atoms. The van der Waals surface area contributed by atoms with Gasteiger partial charge in [-0.05, 0) is 25.5 Å². The number of hydrogen-bond donors (Lipinski definition) is 2. The van der Waals surface area contributed by atoms with E-state index in [2.05, 4.69) is 15.3 Å². The van der Waals surface area contributed by atoms with Gasteiger partial charge in [0.1, 0.15) is 10.7 Å². The summed E-state index contributed by atoms with van der Waals surface area (Å²) in [5, 5.41) is 5.30. The fourth-order valence-corrected chi connectivity index (χ4v) is 2.23. The van der Waals surface area contributed by atoms with Crippen molar-refractivity contribution < 1.29 is 4.79 Å². The Balaban J connectivity index is 1.95. The lowest BCUT2D eigenvalue weighted by molar-refractivity contribution is 0.0946. The van der Waals surface area contributed by atoms with Gasteiger partial charge in [0.05, 0.1) is 6.04 Å². The van der Waals surface area contributed by atoms with Crippen LogP contribution in [0.1, 0.15) is 39.7 Å². The normalized spacial score (nSPS) is 12.2. The second-order valence-corrected chi connectivity index (χ2v) is 5.24. The predicted molar refractivity (Wildman–Crippen MR) is 74.9 cm³/mol. The number of nitrogens with one attached hydrogen (secondary N) is 1. The molecule has 1 amide bonds. The Bertz CT molecular complexity index is 562. The molecule has 19 heavy (non-hydrogen) atoms. The van der Waals surface area contributed by atoms with Crippen molar-refractivity contribution in [2.75, 3.05) is 0 Å². The van der Waals surface area contributed by atoms with Crippen LogP contribution in [0.2, 0.25) is 0 Å². The van der Waals surface area contributed by atoms with Gasteiger partial charge in [-0.2, -0.15) is 0 Å². The highest BCUT2D eigenvalue weighted by molar-refractivity contribution is 7.09. The minimum absolute atomic E-state index is 0.146. The van der Waals surface area contributed by atoms with Crippen LogP contribution >= 0.6 is 11.3 Å². The molecule has 2 aromatic rings. The fraction of sp³-hybridized carbons (Fsp3) is 0.308. The molecule has 1 atom stereocenters. The quantitative estimate of drug-likeness (QED) is 0.892. The van der Waals surface area contributed by atoms with Crippen LogP contribution in [-0.4, -0.2) is 15.9 Å². The van der Waals surface area contributed by atoms with Gasteiger partial charge in [0.2, 0.25) is 0 Å². The number of hydrogen-bond acceptors (Lipinski definition) is 5. The van der Waals surface area contributed by atoms with Crippen molar-refractivity contribution in [1.29, 1.82) is 0 Å². The van der Waals surface area contributed by atoms with Crippen LogP contribution in [0, 0.1) is 6.92 Å². The molecule has 0 aliphatic carbocycles. The minimum atomic E-state index is -0.191. The number of aryl methyl sites for hydroxylation is 1. The largest absolute Gasteiger partial charge is 0.347 e. The Labute approximate surface area is 115 Å². The van der Waals surface area contributed by atoms with Gasteiger partial charge in [-0.25, -0.2) is 4.98 Å². The number of rotatable bonds is 4. The van der Waals surface area contributed by atoms with Gasteiger partial charge >= 0.3 is 0 Å². The Morgan fingerprint density at radius 1 is 1.53 bits per heavy atom. The molecule has 0 aromatic carbocycles. The summed E-state index contributed by atoms with van der Waals surface area (Å²) in [5.74, 6) is -0.191. The number of carbonyl (C=O) groups excluding carboxylic acids is 1. The number of carbonyl (C=O) groups is 1. The molecule has 2 heterocycles. The Hall–Kier alpha value is -1.79. The average molecular weight is 276 g/mol. The van der Waals surface area contributed by atoms with Gasteiger partial charge in [-0.15, -0.1) is 11.3 Å². The van der Waals surface area contributed by atoms with Crippen molar-refractivity contribution >= 4 is 17.2 Å². The number of thiazole rings is 1. The third-order valence-electron chi connectivity index (χ3n) is 2.57. The molecule has 0 radical (unpaired) electrons. The molecule has 0 fully saturated rings. The van der Waals surface area contributed by atoms with Crippen LogP contribution in [0.15, 0.2) is 23.7 Å². The van der Waals surface area contributed by atoms with Crippen molar-refractivity contribution in [3.05, 3.63) is 45.7 Å². The number of pyridine rings is 1. The summed E-state index contributed by atoms with van der Waals surface area (Å²) in [6.07, 6.45) is 1.75. The van der Waals surface area contributed by atoms with E-state index in [0.29, 0.717) is 12.2 Å². The highest BCUT2D eigenvalue weighted by Crippen LogP contribution is 2.15. The molecular weight excluding hydrogens is 260 g/mol. The maximum absolute atomic E-state index is 11.9. The van der Waals surface area contributed by atoms with E-state index < -0.39 is 0 Å². The first-order valence-corrected chi connectivity index (χ1v) is 6.85. The zero-order valence-electron chi connectivity index (χ0n) is 10.9. The molecule has 0 saturated carbocycles. The SMILES string of the molecule is Cc1ccc(CNC(=O)c2csc(C(C)N)n2)cn1. The third-order valence-corrected chi connectivity index (χ3v) is 3.62. The highest BCUT2D eigenvalue weighted by Gasteiger charge is 2.12. The van der Waals surface area contributed by atoms with Crippen LogP contribution < -0.4 is 11.1 Å². The topological polar surface area (TPSA) is 80.9 Å². The Kier molecular flexibility index (Phi) is 4.24. The first-order valence-electron chi connectivity index (χ1n) is 5.97. The molecule has 3 N–H and O–H groups in total. The maximum Gasteiger partial charge on any atom is 0.271 e. The lowest BCUT2D eigenvalue weighted by Gasteiger charge is -2.03. The molecule has 0 aliphatic rings. The standard InChI is InChI=1S/C13H16N4OS/c1-8-3-4-10(5-15-8)6-16-12(18)11-7-19-13(17-11)9(2)14/h3-5,7,9H,6,14H2,1-2H3,(H,16,18). The third kappa shape index (κ3) is 3.59. The van der Waals surface area contributed by atoms with E-state index in [1.807, 2.05) is 26.0 Å². The maximum atomic E-state index is 11.9. The minimum Gasteiger partial charge on any atom is -0.347 e. The highest BCUT2D eigenvalue weighted by atomic mass is 32.1. The van der Waals surface area contributed by atoms with Gasteiger partial charge in [0, 0.05) is 23.8 Å². The van der Waals surface area contributed by atoms with Gasteiger partial charge in [-0.3, -0.25) is 9.78 Å². The lowest BCUT2D eigenvalue weighted by Crippen LogP contribution is -2.23. The van der Waals surface area contributed by atoms with Gasteiger partial charge in [-0.1, -0.05) is 6.07 Å². The van der Waals surface area contributed by atoms with Crippen molar-refractivity contribution in [1.82, 2.24) is 15.3 Å². The molecule has 0 aliphatic heterocycles. The second-order valence-electron chi connectivity index (χ2n) is 4.35. The van der Waals surface area contributed by atoms with Gasteiger partial charge < -0.3 is 11.1 Å². The van der Waals surface area contributed by atoms with Crippen molar-refractivity contribution in [2.45, 2.75) is 26.4 Å². The smallest absolute Gasteiger partial charge is 0.271 e. The monoisotopic (exact) mass is 276 g/mol. The summed E-state index contributed by atoms with van der Waals surface area (Å²) in [6, 6.07) is 3.71. The summed E-state index contributed by atoms with van der Waals surface area (Å²) in [5.41, 5.74) is 8.04. The van der Waals surface area contributed by atoms with E-state index >= 15 is 0 Å². The zero-order valence-corrected chi connectivity index (χ0v) is 11.7. The van der Waals surface area contributed by atoms with Crippen LogP contribution in [0.25, 0.3) is 0 Å². The van der Waals surface area contributed by atoms with E-state index in [1.165, 1.54) is 11.3 Å². The average Bonchev–Trinajstić information content (AvgIpc) is 2.87. The lowest BCUT2D eigenvalue weighted by atomic mass is 10.2. The molecule has 2 aromatic heterocycles. The summed E-state index contributed by atoms with van der Waals surface area (Å²) in [6.45, 7) is 4.21. The molecular formula is C13H16N4OS. The van der Waals surface area contributed by atoms with E-state index in [1.54, 1.807) is 11.6 Å². The molecule has 6 heteroatoms. The van der Waals surface area contributed by atoms with E-state index in [9.17, 15) is 4.79 Å². The number of nitrogens with zero attached hydrogens (tertiary/aromatic N) is 2. The van der Waals surface area contributed by atoms with Crippen molar-refractivity contribution in [2.24, 2.45) is 5.73 Å². The van der Waals surface area contributed by atoms with Crippen molar-refractivity contribution in [3.8, 4) is 0 Å². The molecule has 5 nitrogen and oxygen atoms in total. The summed E-state index contributed by atoms with van der Waals surface area (Å²) in [7, 11) is 0. The van der Waals surface area contributed by atoms with Crippen molar-refractivity contribution in [3.63, 3.8) is 0 Å². The number of amides is 1. The number of aromatic nitrogens is 2. The Morgan fingerprint density at radius 3 is 2.89 bits per heavy atom. The van der Waals surface area contributed by atoms with Crippen LogP contribution in [-0.2, 0) is 6.54 Å². The summed E-state index contributed by atoms with van der Waals surface area (Å²) in [4.78, 5) is 20.3. The molecule has 1 unspecified atom stereocenters. The van der Waals surface area contributed by atoms with Crippen LogP contribution in [0.3, 0.4) is 0 Å². The van der Waals surface area contributed by atoms with E-state index in [-0.39, 0.29) is 11.9 Å². The number of nitrogens with two attached hydrogens (primary N) is 1. The summed E-state index contributed by atoms with van der Waals surface area (Å²) < 4.78 is 0. The second kappa shape index (κ2) is 5.90. The van der Waals surface area contributed by atoms with Gasteiger partial charge in [0.15, 0.2) is 0 Å².